The van der Waals surface area contributed by atoms with Crippen molar-refractivity contribution in [3.63, 3.8) is 0 Å². The van der Waals surface area contributed by atoms with Crippen molar-refractivity contribution in [2.75, 3.05) is 32.9 Å². The van der Waals surface area contributed by atoms with Crippen LogP contribution >= 0.6 is 0 Å². The minimum atomic E-state index is -0.0187. The molecule has 0 aromatic heterocycles. The van der Waals surface area contributed by atoms with Gasteiger partial charge in [-0.2, -0.15) is 0 Å². The Morgan fingerprint density at radius 1 is 1.13 bits per heavy atom. The molecule has 1 aromatic rings. The number of nitrogens with zero attached hydrogens (tertiary/aromatic N) is 1. The molecule has 2 saturated heterocycles. The van der Waals surface area contributed by atoms with Crippen LogP contribution in [0.3, 0.4) is 0 Å². The zero-order valence-electron chi connectivity index (χ0n) is 14.4. The SMILES string of the molecule is Cc1cccc(C)c1OCCCN1CCCCC1C1OCCO1. The summed E-state index contributed by atoms with van der Waals surface area (Å²) in [5.74, 6) is 1.05. The second kappa shape index (κ2) is 8.13. The minimum absolute atomic E-state index is 0.0187. The van der Waals surface area contributed by atoms with Crippen molar-refractivity contribution in [3.8, 4) is 5.75 Å². The van der Waals surface area contributed by atoms with Crippen molar-refractivity contribution < 1.29 is 14.2 Å². The fourth-order valence-electron chi connectivity index (χ4n) is 3.67. The van der Waals surface area contributed by atoms with E-state index in [4.69, 9.17) is 14.2 Å². The summed E-state index contributed by atoms with van der Waals surface area (Å²) >= 11 is 0. The molecule has 0 amide bonds. The maximum Gasteiger partial charge on any atom is 0.173 e. The Hall–Kier alpha value is -1.10. The monoisotopic (exact) mass is 319 g/mol. The lowest BCUT2D eigenvalue weighted by Crippen LogP contribution is -2.47. The van der Waals surface area contributed by atoms with Gasteiger partial charge in [0.05, 0.1) is 25.9 Å². The Kier molecular flexibility index (Phi) is 5.92. The van der Waals surface area contributed by atoms with E-state index in [0.29, 0.717) is 6.04 Å². The quantitative estimate of drug-likeness (QED) is 0.753. The van der Waals surface area contributed by atoms with Gasteiger partial charge in [0.2, 0.25) is 0 Å². The van der Waals surface area contributed by atoms with Gasteiger partial charge in [-0.3, -0.25) is 4.90 Å². The first-order valence-electron chi connectivity index (χ1n) is 8.92. The fourth-order valence-corrected chi connectivity index (χ4v) is 3.67. The van der Waals surface area contributed by atoms with Crippen LogP contribution in [-0.4, -0.2) is 50.1 Å². The highest BCUT2D eigenvalue weighted by molar-refractivity contribution is 5.39. The standard InChI is InChI=1S/C19H29NO3/c1-15-7-5-8-16(2)18(15)21-12-6-11-20-10-4-3-9-17(20)19-22-13-14-23-19/h5,7-8,17,19H,3-4,6,9-14H2,1-2H3. The normalized spacial score (nSPS) is 23.3. The van der Waals surface area contributed by atoms with Gasteiger partial charge in [0.1, 0.15) is 5.75 Å². The number of hydrogen-bond acceptors (Lipinski definition) is 4. The fraction of sp³-hybridized carbons (Fsp3) is 0.684. The first-order chi connectivity index (χ1) is 11.3. The Labute approximate surface area is 139 Å². The predicted molar refractivity (Wildman–Crippen MR) is 90.9 cm³/mol. The van der Waals surface area contributed by atoms with Crippen LogP contribution in [0.5, 0.6) is 5.75 Å². The largest absolute Gasteiger partial charge is 0.493 e. The summed E-state index contributed by atoms with van der Waals surface area (Å²) < 4.78 is 17.5. The number of piperidine rings is 1. The minimum Gasteiger partial charge on any atom is -0.493 e. The number of aryl methyl sites for hydroxylation is 2. The van der Waals surface area contributed by atoms with E-state index in [2.05, 4.69) is 36.9 Å². The molecule has 2 heterocycles. The van der Waals surface area contributed by atoms with Crippen LogP contribution in [0.25, 0.3) is 0 Å². The molecule has 1 aromatic carbocycles. The molecule has 0 saturated carbocycles. The number of hydrogen-bond donors (Lipinski definition) is 0. The lowest BCUT2D eigenvalue weighted by Gasteiger charge is -2.37. The van der Waals surface area contributed by atoms with Gasteiger partial charge in [-0.1, -0.05) is 24.6 Å². The summed E-state index contributed by atoms with van der Waals surface area (Å²) in [6.07, 6.45) is 4.76. The average molecular weight is 319 g/mol. The van der Waals surface area contributed by atoms with Gasteiger partial charge in [0, 0.05) is 6.54 Å². The van der Waals surface area contributed by atoms with Gasteiger partial charge < -0.3 is 14.2 Å². The van der Waals surface area contributed by atoms with E-state index < -0.39 is 0 Å². The van der Waals surface area contributed by atoms with Crippen molar-refractivity contribution in [3.05, 3.63) is 29.3 Å². The second-order valence-electron chi connectivity index (χ2n) is 6.63. The molecular formula is C19H29NO3. The molecule has 0 radical (unpaired) electrons. The molecule has 128 valence electrons. The zero-order chi connectivity index (χ0) is 16.1. The van der Waals surface area contributed by atoms with E-state index in [0.717, 1.165) is 45.1 Å². The first kappa shape index (κ1) is 16.7. The molecule has 0 aliphatic carbocycles. The molecule has 2 aliphatic rings. The van der Waals surface area contributed by atoms with E-state index in [1.54, 1.807) is 0 Å². The Morgan fingerprint density at radius 2 is 1.87 bits per heavy atom. The zero-order valence-corrected chi connectivity index (χ0v) is 14.4. The van der Waals surface area contributed by atoms with Crippen LogP contribution in [0.2, 0.25) is 0 Å². The molecule has 1 unspecified atom stereocenters. The molecule has 4 nitrogen and oxygen atoms in total. The van der Waals surface area contributed by atoms with E-state index in [1.807, 2.05) is 0 Å². The number of rotatable bonds is 6. The summed E-state index contributed by atoms with van der Waals surface area (Å²) in [4.78, 5) is 2.54. The van der Waals surface area contributed by atoms with Gasteiger partial charge in [-0.25, -0.2) is 0 Å². The molecule has 0 bridgehead atoms. The van der Waals surface area contributed by atoms with Gasteiger partial charge in [-0.15, -0.1) is 0 Å². The second-order valence-corrected chi connectivity index (χ2v) is 6.63. The Bertz CT molecular complexity index is 479. The number of para-hydroxylation sites is 1. The molecule has 0 spiro atoms. The van der Waals surface area contributed by atoms with Gasteiger partial charge >= 0.3 is 0 Å². The summed E-state index contributed by atoms with van der Waals surface area (Å²) in [6, 6.07) is 6.72. The van der Waals surface area contributed by atoms with E-state index in [-0.39, 0.29) is 6.29 Å². The number of benzene rings is 1. The van der Waals surface area contributed by atoms with Gasteiger partial charge in [0.25, 0.3) is 0 Å². The molecule has 23 heavy (non-hydrogen) atoms. The third kappa shape index (κ3) is 4.25. The van der Waals surface area contributed by atoms with Crippen molar-refractivity contribution in [2.45, 2.75) is 51.9 Å². The van der Waals surface area contributed by atoms with Crippen LogP contribution in [0.15, 0.2) is 18.2 Å². The lowest BCUT2D eigenvalue weighted by atomic mass is 10.0. The molecule has 0 N–H and O–H groups in total. The first-order valence-corrected chi connectivity index (χ1v) is 8.92. The molecule has 2 aliphatic heterocycles. The molecule has 3 rings (SSSR count). The molecular weight excluding hydrogens is 290 g/mol. The van der Waals surface area contributed by atoms with Crippen LogP contribution in [0.1, 0.15) is 36.8 Å². The number of ether oxygens (including phenoxy) is 3. The van der Waals surface area contributed by atoms with E-state index in [1.165, 1.54) is 30.4 Å². The summed E-state index contributed by atoms with van der Waals surface area (Å²) in [7, 11) is 0. The highest BCUT2D eigenvalue weighted by Crippen LogP contribution is 2.25. The van der Waals surface area contributed by atoms with E-state index in [9.17, 15) is 0 Å². The Balaban J connectivity index is 1.47. The van der Waals surface area contributed by atoms with Crippen LogP contribution in [-0.2, 0) is 9.47 Å². The van der Waals surface area contributed by atoms with Crippen molar-refractivity contribution in [1.82, 2.24) is 4.90 Å². The van der Waals surface area contributed by atoms with Crippen LogP contribution in [0.4, 0.5) is 0 Å². The maximum absolute atomic E-state index is 6.03. The highest BCUT2D eigenvalue weighted by atomic mass is 16.7. The molecule has 2 fully saturated rings. The van der Waals surface area contributed by atoms with Crippen LogP contribution in [0, 0.1) is 13.8 Å². The summed E-state index contributed by atoms with van der Waals surface area (Å²) in [5.41, 5.74) is 2.43. The smallest absolute Gasteiger partial charge is 0.173 e. The topological polar surface area (TPSA) is 30.9 Å². The predicted octanol–water partition coefficient (Wildman–Crippen LogP) is 3.30. The third-order valence-corrected chi connectivity index (χ3v) is 4.87. The summed E-state index contributed by atoms with van der Waals surface area (Å²) in [5, 5.41) is 0. The summed E-state index contributed by atoms with van der Waals surface area (Å²) in [6.45, 7) is 8.67. The number of likely N-dealkylation sites (tertiary alicyclic amines) is 1. The van der Waals surface area contributed by atoms with Gasteiger partial charge in [-0.05, 0) is 50.8 Å². The van der Waals surface area contributed by atoms with Crippen molar-refractivity contribution in [1.29, 1.82) is 0 Å². The van der Waals surface area contributed by atoms with E-state index >= 15 is 0 Å². The highest BCUT2D eigenvalue weighted by Gasteiger charge is 2.33. The van der Waals surface area contributed by atoms with Crippen LogP contribution < -0.4 is 4.74 Å². The maximum atomic E-state index is 6.03. The molecule has 4 heteroatoms. The molecule has 1 atom stereocenters. The third-order valence-electron chi connectivity index (χ3n) is 4.87. The van der Waals surface area contributed by atoms with Crippen molar-refractivity contribution in [2.24, 2.45) is 0 Å². The Morgan fingerprint density at radius 3 is 2.61 bits per heavy atom. The van der Waals surface area contributed by atoms with Gasteiger partial charge in [0.15, 0.2) is 6.29 Å². The average Bonchev–Trinajstić information content (AvgIpc) is 3.08. The van der Waals surface area contributed by atoms with Crippen molar-refractivity contribution >= 4 is 0 Å². The lowest BCUT2D eigenvalue weighted by molar-refractivity contribution is -0.109.